The molecule has 0 radical (unpaired) electrons. The first kappa shape index (κ1) is 11.3. The zero-order valence-electron chi connectivity index (χ0n) is 10.4. The number of nitrogens with zero attached hydrogens (tertiary/aromatic N) is 2. The number of fused-ring (bicyclic) bond motifs is 1. The van der Waals surface area contributed by atoms with Crippen LogP contribution >= 0.6 is 0 Å². The van der Waals surface area contributed by atoms with Crippen LogP contribution in [0.4, 0.5) is 11.7 Å². The molecule has 96 valence electrons. The molecule has 5 nitrogen and oxygen atoms in total. The van der Waals surface area contributed by atoms with Crippen molar-refractivity contribution < 1.29 is 9.15 Å². The Morgan fingerprint density at radius 3 is 3.17 bits per heavy atom. The molecule has 2 aromatic rings. The normalized spacial score (nSPS) is 20.5. The van der Waals surface area contributed by atoms with Crippen molar-refractivity contribution in [3.8, 4) is 0 Å². The van der Waals surface area contributed by atoms with Crippen LogP contribution in [-0.4, -0.2) is 31.3 Å². The number of oxazole rings is 1. The van der Waals surface area contributed by atoms with Gasteiger partial charge in [-0.25, -0.2) is 0 Å². The molecule has 1 aromatic carbocycles. The molecule has 5 heteroatoms. The van der Waals surface area contributed by atoms with Crippen molar-refractivity contribution in [1.82, 2.24) is 4.98 Å². The summed E-state index contributed by atoms with van der Waals surface area (Å²) < 4.78 is 11.2. The number of benzene rings is 1. The summed E-state index contributed by atoms with van der Waals surface area (Å²) in [6.07, 6.45) is 2.44. The van der Waals surface area contributed by atoms with Gasteiger partial charge in [-0.05, 0) is 25.0 Å². The van der Waals surface area contributed by atoms with E-state index >= 15 is 0 Å². The van der Waals surface area contributed by atoms with Crippen LogP contribution < -0.4 is 10.6 Å². The summed E-state index contributed by atoms with van der Waals surface area (Å²) >= 11 is 0. The highest BCUT2D eigenvalue weighted by atomic mass is 16.5. The largest absolute Gasteiger partial charge is 0.423 e. The molecular weight excluding hydrogens is 230 g/mol. The van der Waals surface area contributed by atoms with Crippen molar-refractivity contribution in [3.63, 3.8) is 0 Å². The van der Waals surface area contributed by atoms with Gasteiger partial charge < -0.3 is 19.8 Å². The molecule has 1 atom stereocenters. The minimum absolute atomic E-state index is 0.256. The Labute approximate surface area is 106 Å². The first-order valence-corrected chi connectivity index (χ1v) is 6.20. The third-order valence-corrected chi connectivity index (χ3v) is 3.42. The highest BCUT2D eigenvalue weighted by molar-refractivity contribution is 5.86. The van der Waals surface area contributed by atoms with Gasteiger partial charge in [0.15, 0.2) is 5.58 Å². The monoisotopic (exact) mass is 247 g/mol. The summed E-state index contributed by atoms with van der Waals surface area (Å²) in [5, 5.41) is 0. The number of para-hydroxylation sites is 1. The third-order valence-electron chi connectivity index (χ3n) is 3.42. The Kier molecular flexibility index (Phi) is 2.83. The Balaban J connectivity index is 1.92. The minimum Gasteiger partial charge on any atom is -0.423 e. The van der Waals surface area contributed by atoms with Crippen molar-refractivity contribution in [2.24, 2.45) is 0 Å². The zero-order chi connectivity index (χ0) is 12.5. The SMILES string of the molecule is COC1CCCN(c2nc3c(N)cccc3o2)C1. The second kappa shape index (κ2) is 4.49. The third kappa shape index (κ3) is 1.90. The van der Waals surface area contributed by atoms with Crippen LogP contribution in [0.1, 0.15) is 12.8 Å². The molecule has 0 spiro atoms. The Bertz CT molecular complexity index is 552. The van der Waals surface area contributed by atoms with Gasteiger partial charge in [-0.15, -0.1) is 0 Å². The Morgan fingerprint density at radius 1 is 1.50 bits per heavy atom. The van der Waals surface area contributed by atoms with E-state index in [1.807, 2.05) is 18.2 Å². The van der Waals surface area contributed by atoms with Crippen LogP contribution in [0.5, 0.6) is 0 Å². The van der Waals surface area contributed by atoms with E-state index < -0.39 is 0 Å². The number of hydrogen-bond donors (Lipinski definition) is 1. The molecular formula is C13H17N3O2. The van der Waals surface area contributed by atoms with Crippen molar-refractivity contribution in [3.05, 3.63) is 18.2 Å². The predicted molar refractivity (Wildman–Crippen MR) is 70.7 cm³/mol. The van der Waals surface area contributed by atoms with Crippen LogP contribution in [0.25, 0.3) is 11.1 Å². The Morgan fingerprint density at radius 2 is 2.39 bits per heavy atom. The average molecular weight is 247 g/mol. The van der Waals surface area contributed by atoms with E-state index in [2.05, 4.69) is 9.88 Å². The van der Waals surface area contributed by atoms with Gasteiger partial charge in [-0.3, -0.25) is 0 Å². The van der Waals surface area contributed by atoms with E-state index in [-0.39, 0.29) is 6.10 Å². The van der Waals surface area contributed by atoms with Crippen LogP contribution in [0.2, 0.25) is 0 Å². The van der Waals surface area contributed by atoms with Gasteiger partial charge in [0.05, 0.1) is 11.8 Å². The number of aromatic nitrogens is 1. The number of rotatable bonds is 2. The first-order chi connectivity index (χ1) is 8.78. The molecule has 3 rings (SSSR count). The molecule has 1 saturated heterocycles. The quantitative estimate of drug-likeness (QED) is 0.822. The highest BCUT2D eigenvalue weighted by Crippen LogP contribution is 2.27. The number of nitrogens with two attached hydrogens (primary N) is 1. The van der Waals surface area contributed by atoms with Crippen LogP contribution in [-0.2, 0) is 4.74 Å². The summed E-state index contributed by atoms with van der Waals surface area (Å²) in [7, 11) is 1.75. The molecule has 1 aliphatic heterocycles. The fraction of sp³-hybridized carbons (Fsp3) is 0.462. The number of piperidine rings is 1. The van der Waals surface area contributed by atoms with Gasteiger partial charge in [0.1, 0.15) is 5.52 Å². The van der Waals surface area contributed by atoms with E-state index in [1.165, 1.54) is 0 Å². The fourth-order valence-electron chi connectivity index (χ4n) is 2.40. The number of ether oxygens (including phenoxy) is 1. The van der Waals surface area contributed by atoms with E-state index in [0.29, 0.717) is 11.7 Å². The number of hydrogen-bond acceptors (Lipinski definition) is 5. The lowest BCUT2D eigenvalue weighted by molar-refractivity contribution is 0.0880. The van der Waals surface area contributed by atoms with Crippen molar-refractivity contribution in [2.45, 2.75) is 18.9 Å². The second-order valence-corrected chi connectivity index (χ2v) is 4.64. The molecule has 0 amide bonds. The molecule has 1 fully saturated rings. The Hall–Kier alpha value is -1.75. The number of nitrogen functional groups attached to an aromatic ring is 1. The van der Waals surface area contributed by atoms with Gasteiger partial charge in [0, 0.05) is 20.2 Å². The predicted octanol–water partition coefficient (Wildman–Crippen LogP) is 2.03. The molecule has 18 heavy (non-hydrogen) atoms. The van der Waals surface area contributed by atoms with Crippen molar-refractivity contribution in [2.75, 3.05) is 30.8 Å². The maximum atomic E-state index is 5.89. The second-order valence-electron chi connectivity index (χ2n) is 4.64. The van der Waals surface area contributed by atoms with Crippen molar-refractivity contribution >= 4 is 22.8 Å². The summed E-state index contributed by atoms with van der Waals surface area (Å²) in [4.78, 5) is 6.61. The smallest absolute Gasteiger partial charge is 0.298 e. The molecule has 0 saturated carbocycles. The maximum absolute atomic E-state index is 5.89. The van der Waals surface area contributed by atoms with E-state index in [0.717, 1.165) is 37.0 Å². The molecule has 1 unspecified atom stereocenters. The van der Waals surface area contributed by atoms with E-state index in [9.17, 15) is 0 Å². The topological polar surface area (TPSA) is 64.5 Å². The lowest BCUT2D eigenvalue weighted by atomic mass is 10.1. The van der Waals surface area contributed by atoms with Gasteiger partial charge in [0.2, 0.25) is 0 Å². The summed E-state index contributed by atoms with van der Waals surface area (Å²) in [6.45, 7) is 1.77. The maximum Gasteiger partial charge on any atom is 0.298 e. The van der Waals surface area contributed by atoms with Crippen LogP contribution in [0.3, 0.4) is 0 Å². The zero-order valence-corrected chi connectivity index (χ0v) is 10.4. The summed E-state index contributed by atoms with van der Waals surface area (Å²) in [6, 6.07) is 6.24. The summed E-state index contributed by atoms with van der Waals surface area (Å²) in [5.74, 6) is 0. The number of methoxy groups -OCH3 is 1. The minimum atomic E-state index is 0.256. The number of anilines is 2. The molecule has 1 aliphatic rings. The van der Waals surface area contributed by atoms with Gasteiger partial charge >= 0.3 is 0 Å². The molecule has 2 heterocycles. The van der Waals surface area contributed by atoms with Gasteiger partial charge in [-0.2, -0.15) is 4.98 Å². The summed E-state index contributed by atoms with van der Waals surface area (Å²) in [5.41, 5.74) is 8.03. The lowest BCUT2D eigenvalue weighted by Crippen LogP contribution is -2.39. The molecule has 2 N–H and O–H groups in total. The van der Waals surface area contributed by atoms with Gasteiger partial charge in [0.25, 0.3) is 6.01 Å². The first-order valence-electron chi connectivity index (χ1n) is 6.20. The average Bonchev–Trinajstić information content (AvgIpc) is 2.84. The lowest BCUT2D eigenvalue weighted by Gasteiger charge is -2.30. The highest BCUT2D eigenvalue weighted by Gasteiger charge is 2.23. The standard InChI is InChI=1S/C13H17N3O2/c1-17-9-4-3-7-16(8-9)13-15-12-10(14)5-2-6-11(12)18-13/h2,5-6,9H,3-4,7-8,14H2,1H3. The van der Waals surface area contributed by atoms with E-state index in [1.54, 1.807) is 7.11 Å². The van der Waals surface area contributed by atoms with Crippen LogP contribution in [0, 0.1) is 0 Å². The van der Waals surface area contributed by atoms with E-state index in [4.69, 9.17) is 14.9 Å². The fourth-order valence-corrected chi connectivity index (χ4v) is 2.40. The molecule has 1 aromatic heterocycles. The van der Waals surface area contributed by atoms with Gasteiger partial charge in [-0.1, -0.05) is 6.07 Å². The molecule has 0 bridgehead atoms. The van der Waals surface area contributed by atoms with Crippen molar-refractivity contribution in [1.29, 1.82) is 0 Å². The van der Waals surface area contributed by atoms with Crippen LogP contribution in [0.15, 0.2) is 22.6 Å². The molecule has 0 aliphatic carbocycles.